The number of aromatic nitrogens is 1. The number of nitrogens with zero attached hydrogens (tertiary/aromatic N) is 1. The summed E-state index contributed by atoms with van der Waals surface area (Å²) < 4.78 is 0. The van der Waals surface area contributed by atoms with Gasteiger partial charge in [-0.05, 0) is 23.5 Å². The van der Waals surface area contributed by atoms with E-state index in [1.54, 1.807) is 0 Å². The SMILES string of the molecule is CC(C)c1cnc2c(c1)CC(N)C2. The van der Waals surface area contributed by atoms with Crippen LogP contribution in [0.1, 0.15) is 36.6 Å². The molecule has 1 heterocycles. The van der Waals surface area contributed by atoms with Gasteiger partial charge in [-0.15, -0.1) is 0 Å². The van der Waals surface area contributed by atoms with E-state index >= 15 is 0 Å². The second-order valence-electron chi connectivity index (χ2n) is 4.20. The average Bonchev–Trinajstić information content (AvgIpc) is 2.42. The standard InChI is InChI=1S/C11H16N2/c1-7(2)9-3-8-4-10(12)5-11(8)13-6-9/h3,6-7,10H,4-5,12H2,1-2H3. The molecule has 0 radical (unpaired) electrons. The minimum atomic E-state index is 0.296. The minimum absolute atomic E-state index is 0.296. The van der Waals surface area contributed by atoms with Crippen LogP contribution >= 0.6 is 0 Å². The molecule has 13 heavy (non-hydrogen) atoms. The van der Waals surface area contributed by atoms with Gasteiger partial charge < -0.3 is 5.73 Å². The van der Waals surface area contributed by atoms with Crippen LogP contribution in [0.2, 0.25) is 0 Å². The molecule has 1 unspecified atom stereocenters. The Morgan fingerprint density at radius 1 is 1.46 bits per heavy atom. The summed E-state index contributed by atoms with van der Waals surface area (Å²) >= 11 is 0. The van der Waals surface area contributed by atoms with Crippen molar-refractivity contribution in [3.05, 3.63) is 29.1 Å². The largest absolute Gasteiger partial charge is 0.327 e. The highest BCUT2D eigenvalue weighted by atomic mass is 14.7. The summed E-state index contributed by atoms with van der Waals surface area (Å²) in [6, 6.07) is 2.56. The molecule has 1 aliphatic carbocycles. The molecule has 0 spiro atoms. The molecule has 0 amide bonds. The molecule has 70 valence electrons. The third kappa shape index (κ3) is 1.59. The Morgan fingerprint density at radius 3 is 2.92 bits per heavy atom. The highest BCUT2D eigenvalue weighted by Crippen LogP contribution is 2.23. The second kappa shape index (κ2) is 3.11. The van der Waals surface area contributed by atoms with Gasteiger partial charge in [-0.25, -0.2) is 0 Å². The number of pyridine rings is 1. The van der Waals surface area contributed by atoms with Crippen molar-refractivity contribution in [3.63, 3.8) is 0 Å². The second-order valence-corrected chi connectivity index (χ2v) is 4.20. The summed E-state index contributed by atoms with van der Waals surface area (Å²) in [5.41, 5.74) is 9.76. The topological polar surface area (TPSA) is 38.9 Å². The third-order valence-corrected chi connectivity index (χ3v) is 2.69. The summed E-state index contributed by atoms with van der Waals surface area (Å²) in [6.45, 7) is 4.39. The van der Waals surface area contributed by atoms with E-state index in [1.807, 2.05) is 6.20 Å². The number of hydrogen-bond donors (Lipinski definition) is 1. The quantitative estimate of drug-likeness (QED) is 0.706. The molecule has 2 nitrogen and oxygen atoms in total. The van der Waals surface area contributed by atoms with Crippen LogP contribution in [0, 0.1) is 0 Å². The van der Waals surface area contributed by atoms with Crippen molar-refractivity contribution in [1.82, 2.24) is 4.98 Å². The van der Waals surface area contributed by atoms with Gasteiger partial charge in [0.1, 0.15) is 0 Å². The molecule has 0 fully saturated rings. The Morgan fingerprint density at radius 2 is 2.23 bits per heavy atom. The van der Waals surface area contributed by atoms with Gasteiger partial charge in [0.15, 0.2) is 0 Å². The van der Waals surface area contributed by atoms with Gasteiger partial charge in [0.2, 0.25) is 0 Å². The Bertz CT molecular complexity index is 318. The van der Waals surface area contributed by atoms with Gasteiger partial charge in [0, 0.05) is 24.4 Å². The predicted octanol–water partition coefficient (Wildman–Crippen LogP) is 1.63. The molecule has 1 atom stereocenters. The lowest BCUT2D eigenvalue weighted by Gasteiger charge is -2.06. The van der Waals surface area contributed by atoms with Gasteiger partial charge >= 0.3 is 0 Å². The maximum absolute atomic E-state index is 5.87. The van der Waals surface area contributed by atoms with Crippen molar-refractivity contribution < 1.29 is 0 Å². The molecule has 2 N–H and O–H groups in total. The summed E-state index contributed by atoms with van der Waals surface area (Å²) in [7, 11) is 0. The molecule has 2 heteroatoms. The number of hydrogen-bond acceptors (Lipinski definition) is 2. The van der Waals surface area contributed by atoms with E-state index in [-0.39, 0.29) is 0 Å². The van der Waals surface area contributed by atoms with Gasteiger partial charge in [-0.1, -0.05) is 19.9 Å². The Balaban J connectivity index is 2.35. The van der Waals surface area contributed by atoms with Gasteiger partial charge in [-0.2, -0.15) is 0 Å². The van der Waals surface area contributed by atoms with Crippen molar-refractivity contribution in [1.29, 1.82) is 0 Å². The first-order valence-corrected chi connectivity index (χ1v) is 4.90. The smallest absolute Gasteiger partial charge is 0.0451 e. The summed E-state index contributed by atoms with van der Waals surface area (Å²) in [5, 5.41) is 0. The molecule has 0 saturated carbocycles. The zero-order valence-electron chi connectivity index (χ0n) is 8.25. The van der Waals surface area contributed by atoms with Gasteiger partial charge in [0.25, 0.3) is 0 Å². The molecular weight excluding hydrogens is 160 g/mol. The number of rotatable bonds is 1. The van der Waals surface area contributed by atoms with E-state index in [9.17, 15) is 0 Å². The van der Waals surface area contributed by atoms with Crippen LogP contribution < -0.4 is 5.73 Å². The van der Waals surface area contributed by atoms with Crippen molar-refractivity contribution >= 4 is 0 Å². The van der Waals surface area contributed by atoms with Crippen LogP contribution in [-0.2, 0) is 12.8 Å². The molecule has 1 aliphatic rings. The highest BCUT2D eigenvalue weighted by Gasteiger charge is 2.19. The summed E-state index contributed by atoms with van der Waals surface area (Å²) in [5.74, 6) is 0.564. The first-order chi connectivity index (χ1) is 6.16. The number of nitrogens with two attached hydrogens (primary N) is 1. The van der Waals surface area contributed by atoms with Crippen molar-refractivity contribution in [2.75, 3.05) is 0 Å². The van der Waals surface area contributed by atoms with Crippen LogP contribution in [0.4, 0.5) is 0 Å². The zero-order chi connectivity index (χ0) is 9.42. The molecule has 1 aromatic rings. The van der Waals surface area contributed by atoms with E-state index in [0.29, 0.717) is 12.0 Å². The van der Waals surface area contributed by atoms with Crippen LogP contribution in [0.25, 0.3) is 0 Å². The van der Waals surface area contributed by atoms with Crippen molar-refractivity contribution in [2.24, 2.45) is 5.73 Å². The predicted molar refractivity (Wildman–Crippen MR) is 53.7 cm³/mol. The Labute approximate surface area is 79.2 Å². The van der Waals surface area contributed by atoms with Gasteiger partial charge in [-0.3, -0.25) is 4.98 Å². The lowest BCUT2D eigenvalue weighted by atomic mass is 10.0. The maximum Gasteiger partial charge on any atom is 0.0451 e. The van der Waals surface area contributed by atoms with Crippen molar-refractivity contribution in [3.8, 4) is 0 Å². The van der Waals surface area contributed by atoms with E-state index in [0.717, 1.165) is 12.8 Å². The monoisotopic (exact) mass is 176 g/mol. The molecule has 0 saturated heterocycles. The van der Waals surface area contributed by atoms with Gasteiger partial charge in [0.05, 0.1) is 0 Å². The highest BCUT2D eigenvalue weighted by molar-refractivity contribution is 5.32. The first-order valence-electron chi connectivity index (χ1n) is 4.90. The van der Waals surface area contributed by atoms with Crippen LogP contribution in [0.15, 0.2) is 12.3 Å². The average molecular weight is 176 g/mol. The Kier molecular flexibility index (Phi) is 2.08. The summed E-state index contributed by atoms with van der Waals surface area (Å²) in [4.78, 5) is 4.45. The summed E-state index contributed by atoms with van der Waals surface area (Å²) in [6.07, 6.45) is 3.94. The van der Waals surface area contributed by atoms with Crippen molar-refractivity contribution in [2.45, 2.75) is 38.6 Å². The van der Waals surface area contributed by atoms with E-state index in [2.05, 4.69) is 24.9 Å². The van der Waals surface area contributed by atoms with E-state index in [1.165, 1.54) is 16.8 Å². The zero-order valence-corrected chi connectivity index (χ0v) is 8.25. The first kappa shape index (κ1) is 8.70. The normalized spacial score (nSPS) is 20.8. The lowest BCUT2D eigenvalue weighted by Crippen LogP contribution is -2.19. The van der Waals surface area contributed by atoms with Crippen LogP contribution in [0.3, 0.4) is 0 Å². The fourth-order valence-corrected chi connectivity index (χ4v) is 1.84. The lowest BCUT2D eigenvalue weighted by molar-refractivity contribution is 0.716. The molecule has 0 aliphatic heterocycles. The third-order valence-electron chi connectivity index (χ3n) is 2.69. The van der Waals surface area contributed by atoms with Crippen LogP contribution in [-0.4, -0.2) is 11.0 Å². The Hall–Kier alpha value is -0.890. The molecular formula is C11H16N2. The number of fused-ring (bicyclic) bond motifs is 1. The maximum atomic E-state index is 5.87. The molecule has 2 rings (SSSR count). The van der Waals surface area contributed by atoms with Crippen LogP contribution in [0.5, 0.6) is 0 Å². The minimum Gasteiger partial charge on any atom is -0.327 e. The fraction of sp³-hybridized carbons (Fsp3) is 0.545. The van der Waals surface area contributed by atoms with E-state index in [4.69, 9.17) is 5.73 Å². The molecule has 0 bridgehead atoms. The van der Waals surface area contributed by atoms with E-state index < -0.39 is 0 Å². The fourth-order valence-electron chi connectivity index (χ4n) is 1.84. The molecule has 1 aromatic heterocycles. The molecule has 0 aromatic carbocycles.